The second kappa shape index (κ2) is 7.63. The predicted molar refractivity (Wildman–Crippen MR) is 112 cm³/mol. The Morgan fingerprint density at radius 3 is 2.62 bits per heavy atom. The highest BCUT2D eigenvalue weighted by Crippen LogP contribution is 2.32. The summed E-state index contributed by atoms with van der Waals surface area (Å²) in [6, 6.07) is 14.5. The maximum Gasteiger partial charge on any atom is 0.238 e. The molecule has 0 radical (unpaired) electrons. The summed E-state index contributed by atoms with van der Waals surface area (Å²) in [7, 11) is -3.75. The highest BCUT2D eigenvalue weighted by Gasteiger charge is 2.14. The number of primary sulfonamides is 1. The van der Waals surface area contributed by atoms with Crippen molar-refractivity contribution in [2.75, 3.05) is 5.32 Å². The zero-order valence-corrected chi connectivity index (χ0v) is 16.3. The van der Waals surface area contributed by atoms with Crippen LogP contribution in [-0.4, -0.2) is 23.4 Å². The Balaban J connectivity index is 1.69. The molecule has 0 aliphatic rings. The first-order valence-corrected chi connectivity index (χ1v) is 10.5. The summed E-state index contributed by atoms with van der Waals surface area (Å²) in [5.74, 6) is 0.644. The quantitative estimate of drug-likeness (QED) is 0.386. The molecule has 0 saturated heterocycles. The molecule has 0 bridgehead atoms. The number of anilines is 1. The van der Waals surface area contributed by atoms with Gasteiger partial charge in [-0.3, -0.25) is 0 Å². The standard InChI is InChI=1S/C20H20N6O2S/c21-9-13-3-1-5-15(7-13)17-11-24-20-18(17)19(25-12-26-20)23-10-14-4-2-6-16(8-14)29(22,27)28/h1-8,11-12H,9-10,21H2,(H2,22,27,28)(H2,23,24,25,26). The van der Waals surface area contributed by atoms with Gasteiger partial charge in [0.05, 0.1) is 10.3 Å². The van der Waals surface area contributed by atoms with Gasteiger partial charge < -0.3 is 16.0 Å². The molecule has 4 aromatic rings. The second-order valence-corrected chi connectivity index (χ2v) is 8.16. The molecule has 0 fully saturated rings. The van der Waals surface area contributed by atoms with E-state index in [0.29, 0.717) is 24.6 Å². The third-order valence-corrected chi connectivity index (χ3v) is 5.54. The lowest BCUT2D eigenvalue weighted by Crippen LogP contribution is -2.12. The molecule has 2 aromatic heterocycles. The third-order valence-electron chi connectivity index (χ3n) is 4.63. The van der Waals surface area contributed by atoms with Crippen LogP contribution in [0.1, 0.15) is 11.1 Å². The molecule has 2 aromatic carbocycles. The number of rotatable bonds is 6. The van der Waals surface area contributed by atoms with Crippen molar-refractivity contribution in [2.45, 2.75) is 18.0 Å². The van der Waals surface area contributed by atoms with Gasteiger partial charge in [-0.05, 0) is 34.9 Å². The van der Waals surface area contributed by atoms with Gasteiger partial charge in [0.15, 0.2) is 0 Å². The molecule has 0 atom stereocenters. The van der Waals surface area contributed by atoms with Crippen LogP contribution in [0.15, 0.2) is 66.0 Å². The zero-order valence-electron chi connectivity index (χ0n) is 15.5. The van der Waals surface area contributed by atoms with Crippen molar-refractivity contribution in [3.63, 3.8) is 0 Å². The number of sulfonamides is 1. The molecule has 0 unspecified atom stereocenters. The lowest BCUT2D eigenvalue weighted by atomic mass is 10.0. The van der Waals surface area contributed by atoms with Crippen LogP contribution in [0.3, 0.4) is 0 Å². The van der Waals surface area contributed by atoms with E-state index in [1.807, 2.05) is 36.5 Å². The molecule has 29 heavy (non-hydrogen) atoms. The molecule has 8 nitrogen and oxygen atoms in total. The van der Waals surface area contributed by atoms with E-state index in [1.54, 1.807) is 12.1 Å². The average molecular weight is 408 g/mol. The summed E-state index contributed by atoms with van der Waals surface area (Å²) < 4.78 is 23.2. The van der Waals surface area contributed by atoms with Gasteiger partial charge in [0.25, 0.3) is 0 Å². The third kappa shape index (κ3) is 3.97. The van der Waals surface area contributed by atoms with Crippen LogP contribution in [0.2, 0.25) is 0 Å². The number of aromatic amines is 1. The van der Waals surface area contributed by atoms with Gasteiger partial charge in [0, 0.05) is 24.8 Å². The fourth-order valence-corrected chi connectivity index (χ4v) is 3.79. The van der Waals surface area contributed by atoms with E-state index in [2.05, 4.69) is 20.3 Å². The lowest BCUT2D eigenvalue weighted by molar-refractivity contribution is 0.597. The normalized spacial score (nSPS) is 11.7. The highest BCUT2D eigenvalue weighted by molar-refractivity contribution is 7.89. The van der Waals surface area contributed by atoms with Gasteiger partial charge >= 0.3 is 0 Å². The summed E-state index contributed by atoms with van der Waals surface area (Å²) >= 11 is 0. The number of aromatic nitrogens is 3. The summed E-state index contributed by atoms with van der Waals surface area (Å²) in [6.07, 6.45) is 3.36. The van der Waals surface area contributed by atoms with E-state index in [4.69, 9.17) is 10.9 Å². The number of nitrogens with one attached hydrogen (secondary N) is 2. The van der Waals surface area contributed by atoms with Crippen molar-refractivity contribution in [2.24, 2.45) is 10.9 Å². The number of hydrogen-bond donors (Lipinski definition) is 4. The fraction of sp³-hybridized carbons (Fsp3) is 0.100. The lowest BCUT2D eigenvalue weighted by Gasteiger charge is -2.10. The molecule has 0 aliphatic carbocycles. The Labute approximate surface area is 168 Å². The fourth-order valence-electron chi connectivity index (χ4n) is 3.21. The number of fused-ring (bicyclic) bond motifs is 1. The van der Waals surface area contributed by atoms with Crippen molar-refractivity contribution in [3.8, 4) is 11.1 Å². The molecule has 2 heterocycles. The molecule has 0 aliphatic heterocycles. The smallest absolute Gasteiger partial charge is 0.238 e. The van der Waals surface area contributed by atoms with E-state index in [0.717, 1.165) is 27.6 Å². The molecule has 0 spiro atoms. The SMILES string of the molecule is NCc1cccc(-c2c[nH]c3ncnc(NCc4cccc(S(N)(=O)=O)c4)c23)c1. The first kappa shape index (κ1) is 19.1. The van der Waals surface area contributed by atoms with Gasteiger partial charge in [-0.1, -0.05) is 30.3 Å². The minimum absolute atomic E-state index is 0.0746. The Morgan fingerprint density at radius 2 is 1.83 bits per heavy atom. The second-order valence-electron chi connectivity index (χ2n) is 6.60. The van der Waals surface area contributed by atoms with E-state index in [9.17, 15) is 8.42 Å². The summed E-state index contributed by atoms with van der Waals surface area (Å²) in [4.78, 5) is 11.9. The van der Waals surface area contributed by atoms with Crippen LogP contribution in [0.5, 0.6) is 0 Å². The summed E-state index contributed by atoms with van der Waals surface area (Å²) in [6.45, 7) is 0.834. The number of benzene rings is 2. The van der Waals surface area contributed by atoms with Crippen molar-refractivity contribution < 1.29 is 8.42 Å². The van der Waals surface area contributed by atoms with Crippen LogP contribution in [0.25, 0.3) is 22.2 Å². The minimum Gasteiger partial charge on any atom is -0.365 e. The van der Waals surface area contributed by atoms with Crippen molar-refractivity contribution in [1.29, 1.82) is 0 Å². The Kier molecular flexibility index (Phi) is 5.01. The van der Waals surface area contributed by atoms with Gasteiger partial charge in [0.2, 0.25) is 10.0 Å². The first-order valence-electron chi connectivity index (χ1n) is 8.93. The number of nitrogens with two attached hydrogens (primary N) is 2. The molecule has 0 amide bonds. The topological polar surface area (TPSA) is 140 Å². The first-order chi connectivity index (χ1) is 14.0. The Hall–Kier alpha value is -3.27. The van der Waals surface area contributed by atoms with Crippen LogP contribution < -0.4 is 16.2 Å². The van der Waals surface area contributed by atoms with Crippen LogP contribution >= 0.6 is 0 Å². The molecule has 9 heteroatoms. The minimum atomic E-state index is -3.75. The predicted octanol–water partition coefficient (Wildman–Crippen LogP) is 2.34. The molecule has 6 N–H and O–H groups in total. The molecule has 148 valence electrons. The molecular formula is C20H20N6O2S. The number of hydrogen-bond acceptors (Lipinski definition) is 6. The largest absolute Gasteiger partial charge is 0.365 e. The maximum atomic E-state index is 11.6. The van der Waals surface area contributed by atoms with Crippen molar-refractivity contribution >= 4 is 26.9 Å². The summed E-state index contributed by atoms with van der Waals surface area (Å²) in [5.41, 5.74) is 10.2. The number of nitrogens with zero attached hydrogens (tertiary/aromatic N) is 2. The van der Waals surface area contributed by atoms with Gasteiger partial charge in [-0.2, -0.15) is 0 Å². The monoisotopic (exact) mass is 408 g/mol. The maximum absolute atomic E-state index is 11.6. The van der Waals surface area contributed by atoms with Crippen LogP contribution in [0.4, 0.5) is 5.82 Å². The summed E-state index contributed by atoms with van der Waals surface area (Å²) in [5, 5.41) is 9.35. The Morgan fingerprint density at radius 1 is 1.03 bits per heavy atom. The van der Waals surface area contributed by atoms with Crippen molar-refractivity contribution in [3.05, 3.63) is 72.2 Å². The van der Waals surface area contributed by atoms with Gasteiger partial charge in [-0.25, -0.2) is 23.5 Å². The van der Waals surface area contributed by atoms with E-state index in [1.165, 1.54) is 12.4 Å². The van der Waals surface area contributed by atoms with E-state index in [-0.39, 0.29) is 4.90 Å². The van der Waals surface area contributed by atoms with Crippen LogP contribution in [-0.2, 0) is 23.1 Å². The molecule has 0 saturated carbocycles. The Bertz CT molecular complexity index is 1280. The van der Waals surface area contributed by atoms with E-state index < -0.39 is 10.0 Å². The zero-order chi connectivity index (χ0) is 20.4. The molecular weight excluding hydrogens is 388 g/mol. The van der Waals surface area contributed by atoms with Crippen molar-refractivity contribution in [1.82, 2.24) is 15.0 Å². The average Bonchev–Trinajstić information content (AvgIpc) is 3.17. The number of H-pyrrole nitrogens is 1. The highest BCUT2D eigenvalue weighted by atomic mass is 32.2. The van der Waals surface area contributed by atoms with E-state index >= 15 is 0 Å². The molecule has 4 rings (SSSR count). The van der Waals surface area contributed by atoms with Gasteiger partial charge in [0.1, 0.15) is 17.8 Å². The van der Waals surface area contributed by atoms with Crippen LogP contribution in [0, 0.1) is 0 Å². The van der Waals surface area contributed by atoms with Gasteiger partial charge in [-0.15, -0.1) is 0 Å².